The quantitative estimate of drug-likeness (QED) is 0.676. The minimum Gasteiger partial charge on any atom is -0.481 e. The molecule has 2 aliphatic rings. The Bertz CT molecular complexity index is 257. The average molecular weight is 182 g/mol. The molecule has 2 nitrogen and oxygen atoms in total. The van der Waals surface area contributed by atoms with Gasteiger partial charge >= 0.3 is 5.97 Å². The SMILES string of the molecule is CC1(C)[C@H]2CC[C@H](C2)[C@@]1(C)C(=O)O. The normalized spacial score (nSPS) is 46.7. The average Bonchev–Trinajstić information content (AvgIpc) is 2.54. The van der Waals surface area contributed by atoms with Crippen molar-refractivity contribution >= 4 is 5.97 Å². The molecule has 3 atom stereocenters. The van der Waals surface area contributed by atoms with Gasteiger partial charge in [-0.2, -0.15) is 0 Å². The van der Waals surface area contributed by atoms with Crippen molar-refractivity contribution in [1.29, 1.82) is 0 Å². The van der Waals surface area contributed by atoms with Crippen LogP contribution in [0.3, 0.4) is 0 Å². The van der Waals surface area contributed by atoms with Crippen LogP contribution in [0.2, 0.25) is 0 Å². The molecule has 0 heterocycles. The van der Waals surface area contributed by atoms with Crippen molar-refractivity contribution in [1.82, 2.24) is 0 Å². The molecule has 2 rings (SSSR count). The number of carbonyl (C=O) groups is 1. The van der Waals surface area contributed by atoms with E-state index in [2.05, 4.69) is 13.8 Å². The van der Waals surface area contributed by atoms with Crippen LogP contribution in [0.25, 0.3) is 0 Å². The first-order valence-corrected chi connectivity index (χ1v) is 5.14. The van der Waals surface area contributed by atoms with Gasteiger partial charge in [0.15, 0.2) is 0 Å². The van der Waals surface area contributed by atoms with Gasteiger partial charge in [-0.3, -0.25) is 4.79 Å². The van der Waals surface area contributed by atoms with Gasteiger partial charge in [-0.25, -0.2) is 0 Å². The molecule has 2 fully saturated rings. The molecule has 0 amide bonds. The molecule has 2 heteroatoms. The molecule has 2 bridgehead atoms. The fourth-order valence-electron chi connectivity index (χ4n) is 3.56. The molecule has 0 unspecified atom stereocenters. The molecule has 0 aromatic heterocycles. The largest absolute Gasteiger partial charge is 0.481 e. The van der Waals surface area contributed by atoms with Gasteiger partial charge in [0.05, 0.1) is 5.41 Å². The van der Waals surface area contributed by atoms with E-state index in [9.17, 15) is 9.90 Å². The van der Waals surface area contributed by atoms with Crippen LogP contribution in [-0.2, 0) is 4.79 Å². The number of hydrogen-bond donors (Lipinski definition) is 1. The number of aliphatic carboxylic acids is 1. The summed E-state index contributed by atoms with van der Waals surface area (Å²) >= 11 is 0. The molecule has 0 aromatic rings. The number of fused-ring (bicyclic) bond motifs is 2. The Morgan fingerprint density at radius 1 is 1.23 bits per heavy atom. The fourth-order valence-corrected chi connectivity index (χ4v) is 3.56. The van der Waals surface area contributed by atoms with E-state index in [0.29, 0.717) is 11.8 Å². The smallest absolute Gasteiger partial charge is 0.310 e. The molecule has 13 heavy (non-hydrogen) atoms. The highest BCUT2D eigenvalue weighted by Crippen LogP contribution is 2.66. The van der Waals surface area contributed by atoms with Crippen LogP contribution < -0.4 is 0 Å². The third kappa shape index (κ3) is 0.818. The van der Waals surface area contributed by atoms with Crippen LogP contribution in [0.5, 0.6) is 0 Å². The molecular weight excluding hydrogens is 164 g/mol. The number of rotatable bonds is 1. The van der Waals surface area contributed by atoms with Crippen molar-refractivity contribution in [3.8, 4) is 0 Å². The third-order valence-corrected chi connectivity index (χ3v) is 5.05. The van der Waals surface area contributed by atoms with E-state index >= 15 is 0 Å². The Morgan fingerprint density at radius 3 is 2.08 bits per heavy atom. The van der Waals surface area contributed by atoms with E-state index < -0.39 is 11.4 Å². The van der Waals surface area contributed by atoms with Crippen molar-refractivity contribution in [3.63, 3.8) is 0 Å². The summed E-state index contributed by atoms with van der Waals surface area (Å²) in [5.74, 6) is 0.466. The molecular formula is C11H18O2. The first-order valence-electron chi connectivity index (χ1n) is 5.14. The molecule has 2 aliphatic carbocycles. The highest BCUT2D eigenvalue weighted by Gasteiger charge is 2.64. The molecule has 0 spiro atoms. The van der Waals surface area contributed by atoms with Crippen LogP contribution in [0, 0.1) is 22.7 Å². The van der Waals surface area contributed by atoms with Gasteiger partial charge in [-0.05, 0) is 43.4 Å². The first-order chi connectivity index (χ1) is 5.90. The predicted molar refractivity (Wildman–Crippen MR) is 50.4 cm³/mol. The lowest BCUT2D eigenvalue weighted by molar-refractivity contribution is -0.160. The second kappa shape index (κ2) is 2.28. The maximum absolute atomic E-state index is 11.3. The minimum atomic E-state index is -0.593. The lowest BCUT2D eigenvalue weighted by Gasteiger charge is -2.44. The van der Waals surface area contributed by atoms with E-state index in [1.165, 1.54) is 6.42 Å². The van der Waals surface area contributed by atoms with E-state index in [0.717, 1.165) is 12.8 Å². The summed E-state index contributed by atoms with van der Waals surface area (Å²) in [4.78, 5) is 11.3. The highest BCUT2D eigenvalue weighted by molar-refractivity contribution is 5.76. The number of carboxylic acids is 1. The van der Waals surface area contributed by atoms with Gasteiger partial charge in [-0.1, -0.05) is 13.8 Å². The molecule has 0 saturated heterocycles. The highest BCUT2D eigenvalue weighted by atomic mass is 16.4. The van der Waals surface area contributed by atoms with Gasteiger partial charge < -0.3 is 5.11 Å². The molecule has 0 aliphatic heterocycles. The Kier molecular flexibility index (Phi) is 1.59. The van der Waals surface area contributed by atoms with E-state index in [1.807, 2.05) is 6.92 Å². The predicted octanol–water partition coefficient (Wildman–Crippen LogP) is 2.53. The Labute approximate surface area is 79.3 Å². The zero-order valence-electron chi connectivity index (χ0n) is 8.63. The third-order valence-electron chi connectivity index (χ3n) is 5.05. The Balaban J connectivity index is 2.43. The van der Waals surface area contributed by atoms with Gasteiger partial charge in [-0.15, -0.1) is 0 Å². The standard InChI is InChI=1S/C11H18O2/c1-10(2)7-4-5-8(6-7)11(10,3)9(12)13/h7-8H,4-6H2,1-3H3,(H,12,13)/t7-,8+,11-/m0/s1. The first kappa shape index (κ1) is 9.04. The molecule has 0 aromatic carbocycles. The lowest BCUT2D eigenvalue weighted by atomic mass is 9.59. The summed E-state index contributed by atoms with van der Waals surface area (Å²) in [6.45, 7) is 6.20. The number of carboxylic acid groups (broad SMARTS) is 1. The molecule has 1 N–H and O–H groups in total. The van der Waals surface area contributed by atoms with Crippen LogP contribution in [0.15, 0.2) is 0 Å². The van der Waals surface area contributed by atoms with Crippen LogP contribution in [0.4, 0.5) is 0 Å². The Morgan fingerprint density at radius 2 is 1.77 bits per heavy atom. The summed E-state index contributed by atoms with van der Waals surface area (Å²) in [7, 11) is 0. The van der Waals surface area contributed by atoms with Crippen LogP contribution >= 0.6 is 0 Å². The maximum Gasteiger partial charge on any atom is 0.310 e. The Hall–Kier alpha value is -0.530. The zero-order chi connectivity index (χ0) is 9.85. The van der Waals surface area contributed by atoms with E-state index in [1.54, 1.807) is 0 Å². The van der Waals surface area contributed by atoms with E-state index in [-0.39, 0.29) is 5.41 Å². The summed E-state index contributed by atoms with van der Waals surface area (Å²) < 4.78 is 0. The second-order valence-electron chi connectivity index (χ2n) is 5.44. The van der Waals surface area contributed by atoms with Crippen molar-refractivity contribution < 1.29 is 9.90 Å². The summed E-state index contributed by atoms with van der Waals surface area (Å²) in [5.41, 5.74) is -0.488. The molecule has 2 saturated carbocycles. The maximum atomic E-state index is 11.3. The molecule has 74 valence electrons. The monoisotopic (exact) mass is 182 g/mol. The minimum absolute atomic E-state index is 0.0122. The van der Waals surface area contributed by atoms with Crippen molar-refractivity contribution in [3.05, 3.63) is 0 Å². The lowest BCUT2D eigenvalue weighted by Crippen LogP contribution is -2.46. The summed E-state index contributed by atoms with van der Waals surface area (Å²) in [6, 6.07) is 0. The molecule has 0 radical (unpaired) electrons. The number of hydrogen-bond acceptors (Lipinski definition) is 1. The van der Waals surface area contributed by atoms with Crippen molar-refractivity contribution in [2.24, 2.45) is 22.7 Å². The van der Waals surface area contributed by atoms with Gasteiger partial charge in [0.1, 0.15) is 0 Å². The van der Waals surface area contributed by atoms with Crippen molar-refractivity contribution in [2.75, 3.05) is 0 Å². The summed E-state index contributed by atoms with van der Waals surface area (Å²) in [6.07, 6.45) is 3.49. The fraction of sp³-hybridized carbons (Fsp3) is 0.909. The van der Waals surface area contributed by atoms with Crippen molar-refractivity contribution in [2.45, 2.75) is 40.0 Å². The van der Waals surface area contributed by atoms with Gasteiger partial charge in [0.2, 0.25) is 0 Å². The van der Waals surface area contributed by atoms with Crippen LogP contribution in [-0.4, -0.2) is 11.1 Å². The van der Waals surface area contributed by atoms with E-state index in [4.69, 9.17) is 0 Å². The summed E-state index contributed by atoms with van der Waals surface area (Å²) in [5, 5.41) is 9.33. The van der Waals surface area contributed by atoms with Gasteiger partial charge in [0, 0.05) is 0 Å². The van der Waals surface area contributed by atoms with Crippen LogP contribution in [0.1, 0.15) is 40.0 Å². The van der Waals surface area contributed by atoms with Gasteiger partial charge in [0.25, 0.3) is 0 Å². The zero-order valence-corrected chi connectivity index (χ0v) is 8.63. The second-order valence-corrected chi connectivity index (χ2v) is 5.44. The topological polar surface area (TPSA) is 37.3 Å².